The number of carbonyl (C=O) groups is 1. The van der Waals surface area contributed by atoms with Gasteiger partial charge >= 0.3 is 0 Å². The SMILES string of the molecule is CC1CCc2nc(/C(C#N)=C3\C(=O)N(Cc4ccccc4)c4ccccc43)sc2C1. The van der Waals surface area contributed by atoms with Crippen molar-refractivity contribution in [3.63, 3.8) is 0 Å². The number of thiazole rings is 1. The van der Waals surface area contributed by atoms with Crippen LogP contribution in [0, 0.1) is 17.2 Å². The number of anilines is 1. The number of nitriles is 1. The summed E-state index contributed by atoms with van der Waals surface area (Å²) in [5.74, 6) is 0.511. The van der Waals surface area contributed by atoms with Gasteiger partial charge in [0.15, 0.2) is 0 Å². The van der Waals surface area contributed by atoms with Gasteiger partial charge < -0.3 is 4.90 Å². The first kappa shape index (κ1) is 18.8. The first-order valence-electron chi connectivity index (χ1n) is 10.2. The Kier molecular flexibility index (Phi) is 4.72. The molecule has 0 saturated heterocycles. The normalized spacial score (nSPS) is 19.3. The molecule has 0 radical (unpaired) electrons. The van der Waals surface area contributed by atoms with Gasteiger partial charge in [-0.2, -0.15) is 5.26 Å². The van der Waals surface area contributed by atoms with E-state index in [2.05, 4.69) is 13.0 Å². The maximum absolute atomic E-state index is 13.5. The number of nitrogens with zero attached hydrogens (tertiary/aromatic N) is 3. The molecule has 30 heavy (non-hydrogen) atoms. The zero-order valence-electron chi connectivity index (χ0n) is 16.8. The maximum Gasteiger partial charge on any atom is 0.260 e. The highest BCUT2D eigenvalue weighted by atomic mass is 32.1. The molecule has 1 atom stereocenters. The molecule has 5 heteroatoms. The van der Waals surface area contributed by atoms with Crippen LogP contribution in [0.1, 0.15) is 40.1 Å². The average molecular weight is 412 g/mol. The van der Waals surface area contributed by atoms with Crippen molar-refractivity contribution in [3.8, 4) is 6.07 Å². The molecular formula is C25H21N3OS. The van der Waals surface area contributed by atoms with Crippen LogP contribution in [0.5, 0.6) is 0 Å². The van der Waals surface area contributed by atoms with E-state index < -0.39 is 0 Å². The molecule has 0 saturated carbocycles. The number of aryl methyl sites for hydroxylation is 1. The van der Waals surface area contributed by atoms with Crippen molar-refractivity contribution in [1.82, 2.24) is 4.98 Å². The highest BCUT2D eigenvalue weighted by molar-refractivity contribution is 7.13. The summed E-state index contributed by atoms with van der Waals surface area (Å²) >= 11 is 1.58. The standard InChI is InChI=1S/C25H21N3OS/c1-16-11-12-20-22(13-16)30-24(27-20)19(14-26)23-18-9-5-6-10-21(18)28(25(23)29)15-17-7-3-2-4-8-17/h2-10,16H,11-13,15H2,1H3/b23-19-. The van der Waals surface area contributed by atoms with Crippen molar-refractivity contribution >= 4 is 34.1 Å². The molecule has 2 aliphatic rings. The Morgan fingerprint density at radius 1 is 1.20 bits per heavy atom. The Balaban J connectivity index is 1.61. The maximum atomic E-state index is 13.5. The average Bonchev–Trinajstić information content (AvgIpc) is 3.29. The molecule has 3 aromatic rings. The van der Waals surface area contributed by atoms with Crippen molar-refractivity contribution in [1.29, 1.82) is 5.26 Å². The smallest absolute Gasteiger partial charge is 0.260 e. The number of carbonyl (C=O) groups excluding carboxylic acids is 1. The lowest BCUT2D eigenvalue weighted by atomic mass is 9.93. The molecule has 0 spiro atoms. The highest BCUT2D eigenvalue weighted by Crippen LogP contribution is 2.43. The van der Waals surface area contributed by atoms with Crippen molar-refractivity contribution in [2.75, 3.05) is 4.90 Å². The van der Waals surface area contributed by atoms with Gasteiger partial charge in [0.1, 0.15) is 16.6 Å². The number of allylic oxidation sites excluding steroid dienone is 1. The number of benzene rings is 2. The van der Waals surface area contributed by atoms with E-state index in [1.165, 1.54) is 4.88 Å². The summed E-state index contributed by atoms with van der Waals surface area (Å²) in [4.78, 5) is 21.3. The molecule has 0 fully saturated rings. The molecule has 5 rings (SSSR count). The van der Waals surface area contributed by atoms with Crippen LogP contribution in [0.25, 0.3) is 11.1 Å². The van der Waals surface area contributed by atoms with E-state index in [0.29, 0.717) is 28.6 Å². The Hall–Kier alpha value is -3.23. The van der Waals surface area contributed by atoms with E-state index >= 15 is 0 Å². The van der Waals surface area contributed by atoms with Crippen LogP contribution in [0.4, 0.5) is 5.69 Å². The fourth-order valence-electron chi connectivity index (χ4n) is 4.30. The Morgan fingerprint density at radius 2 is 1.97 bits per heavy atom. The second-order valence-electron chi connectivity index (χ2n) is 7.99. The number of hydrogen-bond donors (Lipinski definition) is 0. The number of fused-ring (bicyclic) bond motifs is 2. The van der Waals surface area contributed by atoms with Crippen molar-refractivity contribution in [2.45, 2.75) is 32.7 Å². The van der Waals surface area contributed by atoms with E-state index in [0.717, 1.165) is 41.8 Å². The van der Waals surface area contributed by atoms with Crippen LogP contribution in [0.15, 0.2) is 54.6 Å². The van der Waals surface area contributed by atoms with Gasteiger partial charge in [-0.25, -0.2) is 4.98 Å². The van der Waals surface area contributed by atoms with Gasteiger partial charge in [0, 0.05) is 10.4 Å². The molecular weight excluding hydrogens is 390 g/mol. The molecule has 1 unspecified atom stereocenters. The molecule has 1 aliphatic carbocycles. The van der Waals surface area contributed by atoms with Gasteiger partial charge in [0.25, 0.3) is 5.91 Å². The number of aromatic nitrogens is 1. The van der Waals surface area contributed by atoms with Crippen LogP contribution in [-0.2, 0) is 24.2 Å². The van der Waals surface area contributed by atoms with Gasteiger partial charge in [-0.05, 0) is 36.8 Å². The summed E-state index contributed by atoms with van der Waals surface area (Å²) in [6, 6.07) is 20.0. The Bertz CT molecular complexity index is 1200. The number of para-hydroxylation sites is 1. The van der Waals surface area contributed by atoms with E-state index in [-0.39, 0.29) is 5.91 Å². The fraction of sp³-hybridized carbons (Fsp3) is 0.240. The third-order valence-electron chi connectivity index (χ3n) is 5.87. The lowest BCUT2D eigenvalue weighted by molar-refractivity contribution is -0.113. The molecule has 148 valence electrons. The van der Waals surface area contributed by atoms with E-state index in [9.17, 15) is 10.1 Å². The van der Waals surface area contributed by atoms with Gasteiger partial charge in [-0.1, -0.05) is 55.5 Å². The number of rotatable bonds is 3. The van der Waals surface area contributed by atoms with Crippen molar-refractivity contribution in [3.05, 3.63) is 81.3 Å². The quantitative estimate of drug-likeness (QED) is 0.437. The third kappa shape index (κ3) is 3.14. The predicted octanol–water partition coefficient (Wildman–Crippen LogP) is 5.25. The molecule has 0 N–H and O–H groups in total. The summed E-state index contributed by atoms with van der Waals surface area (Å²) in [5.41, 5.74) is 4.69. The summed E-state index contributed by atoms with van der Waals surface area (Å²) in [6.45, 7) is 2.73. The zero-order valence-corrected chi connectivity index (χ0v) is 17.6. The minimum atomic E-state index is -0.127. The predicted molar refractivity (Wildman–Crippen MR) is 120 cm³/mol. The second kappa shape index (κ2) is 7.55. The van der Waals surface area contributed by atoms with Crippen molar-refractivity contribution < 1.29 is 4.79 Å². The van der Waals surface area contributed by atoms with Crippen LogP contribution < -0.4 is 4.90 Å². The van der Waals surface area contributed by atoms with Crippen LogP contribution in [0.2, 0.25) is 0 Å². The van der Waals surface area contributed by atoms with Crippen LogP contribution in [0.3, 0.4) is 0 Å². The number of amides is 1. The minimum absolute atomic E-state index is 0.127. The molecule has 1 aliphatic heterocycles. The van der Waals surface area contributed by atoms with Gasteiger partial charge in [0.2, 0.25) is 0 Å². The largest absolute Gasteiger partial charge is 0.303 e. The highest BCUT2D eigenvalue weighted by Gasteiger charge is 2.36. The van der Waals surface area contributed by atoms with Crippen LogP contribution >= 0.6 is 11.3 Å². The van der Waals surface area contributed by atoms with Crippen molar-refractivity contribution in [2.24, 2.45) is 5.92 Å². The third-order valence-corrected chi connectivity index (χ3v) is 7.01. The van der Waals surface area contributed by atoms with Gasteiger partial charge in [0.05, 0.1) is 23.5 Å². The van der Waals surface area contributed by atoms with Gasteiger partial charge in [-0.15, -0.1) is 11.3 Å². The lowest BCUT2D eigenvalue weighted by Gasteiger charge is -2.17. The zero-order chi connectivity index (χ0) is 20.7. The summed E-state index contributed by atoms with van der Waals surface area (Å²) < 4.78 is 0. The Labute approximate surface area is 180 Å². The molecule has 0 bridgehead atoms. The molecule has 2 heterocycles. The first-order chi connectivity index (χ1) is 14.7. The Morgan fingerprint density at radius 3 is 2.77 bits per heavy atom. The first-order valence-corrected chi connectivity index (χ1v) is 11.1. The molecule has 2 aromatic carbocycles. The monoisotopic (exact) mass is 411 g/mol. The van der Waals surface area contributed by atoms with Crippen LogP contribution in [-0.4, -0.2) is 10.9 Å². The molecule has 1 amide bonds. The fourth-order valence-corrected chi connectivity index (χ4v) is 5.57. The topological polar surface area (TPSA) is 57.0 Å². The molecule has 1 aromatic heterocycles. The van der Waals surface area contributed by atoms with E-state index in [1.54, 1.807) is 16.2 Å². The molecule has 4 nitrogen and oxygen atoms in total. The summed E-state index contributed by atoms with van der Waals surface area (Å²) in [7, 11) is 0. The minimum Gasteiger partial charge on any atom is -0.303 e. The van der Waals surface area contributed by atoms with Gasteiger partial charge in [-0.3, -0.25) is 4.79 Å². The van der Waals surface area contributed by atoms with E-state index in [4.69, 9.17) is 4.98 Å². The van der Waals surface area contributed by atoms with E-state index in [1.807, 2.05) is 54.6 Å². The second-order valence-corrected chi connectivity index (χ2v) is 9.08. The number of hydrogen-bond acceptors (Lipinski definition) is 4. The lowest BCUT2D eigenvalue weighted by Crippen LogP contribution is -2.25. The summed E-state index contributed by atoms with van der Waals surface area (Å²) in [5, 5.41) is 10.7. The summed E-state index contributed by atoms with van der Waals surface area (Å²) in [6.07, 6.45) is 3.08.